The molecule has 0 aliphatic carbocycles. The van der Waals surface area contributed by atoms with Gasteiger partial charge in [-0.3, -0.25) is 19.2 Å². The summed E-state index contributed by atoms with van der Waals surface area (Å²) in [5.41, 5.74) is 2.86. The van der Waals surface area contributed by atoms with Gasteiger partial charge in [-0.2, -0.15) is 0 Å². The number of carbonyl (C=O) groups is 4. The first-order chi connectivity index (χ1) is 16.8. The molecule has 2 fully saturated rings. The zero-order valence-electron chi connectivity index (χ0n) is 19.9. The Morgan fingerprint density at radius 2 is 1.74 bits per heavy atom. The van der Waals surface area contributed by atoms with Crippen LogP contribution >= 0.6 is 0 Å². The van der Waals surface area contributed by atoms with E-state index in [0.29, 0.717) is 42.9 Å². The largest absolute Gasteiger partial charge is 0.481 e. The summed E-state index contributed by atoms with van der Waals surface area (Å²) in [4.78, 5) is 56.3. The van der Waals surface area contributed by atoms with Gasteiger partial charge in [0.2, 0.25) is 11.8 Å². The smallest absolute Gasteiger partial charge is 0.268 e. The molecule has 35 heavy (non-hydrogen) atoms. The number of carbonyl (C=O) groups excluding carboxylic acids is 4. The van der Waals surface area contributed by atoms with E-state index in [0.717, 1.165) is 24.2 Å². The van der Waals surface area contributed by atoms with Gasteiger partial charge in [0.1, 0.15) is 12.3 Å². The molecule has 3 heterocycles. The molecule has 3 aliphatic rings. The highest BCUT2D eigenvalue weighted by atomic mass is 16.5. The summed E-state index contributed by atoms with van der Waals surface area (Å²) >= 11 is 0. The van der Waals surface area contributed by atoms with Crippen molar-refractivity contribution in [2.24, 2.45) is 0 Å². The van der Waals surface area contributed by atoms with Crippen molar-refractivity contribution < 1.29 is 23.9 Å². The molecule has 0 bridgehead atoms. The molecular formula is C26H28N4O5. The molecule has 5 rings (SSSR count). The molecular weight excluding hydrogens is 448 g/mol. The molecule has 0 aromatic heterocycles. The van der Waals surface area contributed by atoms with Crippen LogP contribution < -0.4 is 14.5 Å². The SMILES string of the molecule is CN(C)C(=O)CN1Cc2ccc(N3CC[C@@H](Oc4ccc(N5CCCC5=O)cc4)C3=O)cc2C1=O. The number of ether oxygens (including phenoxy) is 1. The Balaban J connectivity index is 1.24. The molecule has 2 aromatic rings. The summed E-state index contributed by atoms with van der Waals surface area (Å²) in [5.74, 6) is 0.203. The lowest BCUT2D eigenvalue weighted by Gasteiger charge is -2.19. The molecule has 0 spiro atoms. The summed E-state index contributed by atoms with van der Waals surface area (Å²) < 4.78 is 5.97. The van der Waals surface area contributed by atoms with Crippen LogP contribution in [0.15, 0.2) is 42.5 Å². The van der Waals surface area contributed by atoms with E-state index in [-0.39, 0.29) is 30.2 Å². The maximum Gasteiger partial charge on any atom is 0.268 e. The highest BCUT2D eigenvalue weighted by molar-refractivity contribution is 6.04. The van der Waals surface area contributed by atoms with Gasteiger partial charge < -0.3 is 24.3 Å². The van der Waals surface area contributed by atoms with E-state index in [1.165, 1.54) is 9.80 Å². The van der Waals surface area contributed by atoms with Gasteiger partial charge in [-0.25, -0.2) is 0 Å². The molecule has 0 saturated carbocycles. The van der Waals surface area contributed by atoms with E-state index in [4.69, 9.17) is 4.74 Å². The molecule has 3 aliphatic heterocycles. The lowest BCUT2D eigenvalue weighted by atomic mass is 10.1. The lowest BCUT2D eigenvalue weighted by Crippen LogP contribution is -2.36. The zero-order chi connectivity index (χ0) is 24.7. The molecule has 0 unspecified atom stereocenters. The first-order valence-electron chi connectivity index (χ1n) is 11.8. The summed E-state index contributed by atoms with van der Waals surface area (Å²) in [6, 6.07) is 12.7. The molecule has 1 atom stereocenters. The second-order valence-corrected chi connectivity index (χ2v) is 9.32. The first kappa shape index (κ1) is 22.9. The van der Waals surface area contributed by atoms with Gasteiger partial charge in [-0.15, -0.1) is 0 Å². The molecule has 2 aromatic carbocycles. The maximum absolute atomic E-state index is 13.1. The third-order valence-electron chi connectivity index (χ3n) is 6.77. The third kappa shape index (κ3) is 4.34. The van der Waals surface area contributed by atoms with Gasteiger partial charge >= 0.3 is 0 Å². The minimum absolute atomic E-state index is 0.0269. The van der Waals surface area contributed by atoms with Crippen molar-refractivity contribution >= 4 is 35.0 Å². The Morgan fingerprint density at radius 3 is 2.43 bits per heavy atom. The number of fused-ring (bicyclic) bond motifs is 1. The topological polar surface area (TPSA) is 90.5 Å². The number of rotatable bonds is 6. The number of nitrogens with zero attached hydrogens (tertiary/aromatic N) is 4. The lowest BCUT2D eigenvalue weighted by molar-refractivity contribution is -0.129. The van der Waals surface area contributed by atoms with Gasteiger partial charge in [0.05, 0.1) is 0 Å². The standard InChI is InChI=1S/C26H28N4O5/c1-27(2)24(32)16-28-15-17-5-6-19(14-21(17)25(28)33)30-13-11-22(26(30)34)35-20-9-7-18(8-10-20)29-12-3-4-23(29)31/h5-10,14,22H,3-4,11-13,15-16H2,1-2H3/t22-/m1/s1. The summed E-state index contributed by atoms with van der Waals surface area (Å²) in [5, 5.41) is 0. The van der Waals surface area contributed by atoms with Gasteiger partial charge in [0, 0.05) is 63.5 Å². The van der Waals surface area contributed by atoms with Gasteiger partial charge in [0.15, 0.2) is 6.10 Å². The van der Waals surface area contributed by atoms with Crippen molar-refractivity contribution in [3.8, 4) is 5.75 Å². The van der Waals surface area contributed by atoms with Crippen LogP contribution in [0.25, 0.3) is 0 Å². The molecule has 4 amide bonds. The van der Waals surface area contributed by atoms with Crippen LogP contribution in [-0.4, -0.2) is 73.3 Å². The van der Waals surface area contributed by atoms with Crippen molar-refractivity contribution in [3.63, 3.8) is 0 Å². The van der Waals surface area contributed by atoms with E-state index in [1.54, 1.807) is 42.1 Å². The average Bonchev–Trinajstić information content (AvgIpc) is 3.52. The molecule has 2 saturated heterocycles. The highest BCUT2D eigenvalue weighted by Crippen LogP contribution is 2.31. The van der Waals surface area contributed by atoms with E-state index >= 15 is 0 Å². The quantitative estimate of drug-likeness (QED) is 0.637. The molecule has 0 N–H and O–H groups in total. The van der Waals surface area contributed by atoms with Gasteiger partial charge in [0.25, 0.3) is 11.8 Å². The molecule has 182 valence electrons. The van der Waals surface area contributed by atoms with Crippen molar-refractivity contribution in [2.45, 2.75) is 31.9 Å². The Bertz CT molecular complexity index is 1190. The predicted molar refractivity (Wildman–Crippen MR) is 129 cm³/mol. The molecule has 9 heteroatoms. The van der Waals surface area contributed by atoms with Crippen LogP contribution in [0, 0.1) is 0 Å². The summed E-state index contributed by atoms with van der Waals surface area (Å²) in [6.45, 7) is 1.62. The Kier molecular flexibility index (Phi) is 5.92. The van der Waals surface area contributed by atoms with E-state index < -0.39 is 6.10 Å². The van der Waals surface area contributed by atoms with Crippen molar-refractivity contribution in [1.29, 1.82) is 0 Å². The van der Waals surface area contributed by atoms with E-state index in [1.807, 2.05) is 24.3 Å². The van der Waals surface area contributed by atoms with Gasteiger partial charge in [-0.05, 0) is 48.4 Å². The van der Waals surface area contributed by atoms with E-state index in [9.17, 15) is 19.2 Å². The Hall–Kier alpha value is -3.88. The van der Waals surface area contributed by atoms with Crippen LogP contribution in [-0.2, 0) is 20.9 Å². The Labute approximate surface area is 203 Å². The third-order valence-corrected chi connectivity index (χ3v) is 6.77. The van der Waals surface area contributed by atoms with Crippen LogP contribution in [0.4, 0.5) is 11.4 Å². The fraction of sp³-hybridized carbons (Fsp3) is 0.385. The van der Waals surface area contributed by atoms with Crippen molar-refractivity contribution in [3.05, 3.63) is 53.6 Å². The fourth-order valence-electron chi connectivity index (χ4n) is 4.76. The Morgan fingerprint density at radius 1 is 1.00 bits per heavy atom. The second kappa shape index (κ2) is 9.05. The minimum Gasteiger partial charge on any atom is -0.481 e. The zero-order valence-corrected chi connectivity index (χ0v) is 19.9. The number of likely N-dealkylation sites (N-methyl/N-ethyl adjacent to an activating group) is 1. The van der Waals surface area contributed by atoms with Crippen LogP contribution in [0.3, 0.4) is 0 Å². The number of benzene rings is 2. The number of amides is 4. The molecule has 9 nitrogen and oxygen atoms in total. The average molecular weight is 477 g/mol. The monoisotopic (exact) mass is 476 g/mol. The van der Waals surface area contributed by atoms with E-state index in [2.05, 4.69) is 0 Å². The molecule has 0 radical (unpaired) electrons. The van der Waals surface area contributed by atoms with Gasteiger partial charge in [-0.1, -0.05) is 6.07 Å². The van der Waals surface area contributed by atoms with Crippen molar-refractivity contribution in [1.82, 2.24) is 9.80 Å². The maximum atomic E-state index is 13.1. The van der Waals surface area contributed by atoms with Crippen LogP contribution in [0.1, 0.15) is 35.2 Å². The second-order valence-electron chi connectivity index (χ2n) is 9.32. The normalized spacial score (nSPS) is 19.5. The first-order valence-corrected chi connectivity index (χ1v) is 11.8. The predicted octanol–water partition coefficient (Wildman–Crippen LogP) is 2.04. The fourth-order valence-corrected chi connectivity index (χ4v) is 4.76. The number of anilines is 2. The van der Waals surface area contributed by atoms with Crippen LogP contribution in [0.5, 0.6) is 5.75 Å². The highest BCUT2D eigenvalue weighted by Gasteiger charge is 2.36. The number of hydrogen-bond acceptors (Lipinski definition) is 5. The number of hydrogen-bond donors (Lipinski definition) is 0. The van der Waals surface area contributed by atoms with Crippen LogP contribution in [0.2, 0.25) is 0 Å². The summed E-state index contributed by atoms with van der Waals surface area (Å²) in [6.07, 6.45) is 1.35. The minimum atomic E-state index is -0.618. The summed E-state index contributed by atoms with van der Waals surface area (Å²) in [7, 11) is 3.32. The van der Waals surface area contributed by atoms with Crippen molar-refractivity contribution in [2.75, 3.05) is 43.5 Å².